The Hall–Kier alpha value is -3.04. The second kappa shape index (κ2) is 8.97. The Morgan fingerprint density at radius 3 is 2.24 bits per heavy atom. The smallest absolute Gasteiger partial charge is 0.240 e. The van der Waals surface area contributed by atoms with E-state index in [1.54, 1.807) is 42.7 Å². The minimum absolute atomic E-state index is 0.130. The van der Waals surface area contributed by atoms with Crippen LogP contribution >= 0.6 is 0 Å². The first-order chi connectivity index (χ1) is 13.9. The van der Waals surface area contributed by atoms with E-state index in [0.717, 1.165) is 23.4 Å². The fourth-order valence-electron chi connectivity index (χ4n) is 2.90. The number of rotatable bonds is 8. The minimum atomic E-state index is -3.60. The molecule has 29 heavy (non-hydrogen) atoms. The molecule has 0 aliphatic rings. The average molecular weight is 414 g/mol. The SMILES string of the molecule is CCc1nncn1CCNS(=O)(=O)c1ccc(-c2ccc(NC(C)=O)cc2)cc1. The number of carbonyl (C=O) groups is 1. The summed E-state index contributed by atoms with van der Waals surface area (Å²) in [4.78, 5) is 11.3. The van der Waals surface area contributed by atoms with Gasteiger partial charge in [-0.1, -0.05) is 31.2 Å². The van der Waals surface area contributed by atoms with E-state index in [1.165, 1.54) is 6.92 Å². The number of aromatic nitrogens is 3. The Bertz CT molecular complexity index is 1070. The lowest BCUT2D eigenvalue weighted by molar-refractivity contribution is -0.114. The van der Waals surface area contributed by atoms with Gasteiger partial charge in [0.05, 0.1) is 4.90 Å². The Labute approximate surface area is 170 Å². The summed E-state index contributed by atoms with van der Waals surface area (Å²) in [6.07, 6.45) is 2.33. The molecule has 9 heteroatoms. The molecule has 2 N–H and O–H groups in total. The highest BCUT2D eigenvalue weighted by Crippen LogP contribution is 2.23. The number of carbonyl (C=O) groups excluding carboxylic acids is 1. The van der Waals surface area contributed by atoms with Crippen molar-refractivity contribution in [3.63, 3.8) is 0 Å². The van der Waals surface area contributed by atoms with E-state index in [9.17, 15) is 13.2 Å². The van der Waals surface area contributed by atoms with Crippen LogP contribution in [0.5, 0.6) is 0 Å². The topological polar surface area (TPSA) is 106 Å². The number of nitrogens with zero attached hydrogens (tertiary/aromatic N) is 3. The van der Waals surface area contributed by atoms with E-state index in [0.29, 0.717) is 12.2 Å². The third-order valence-corrected chi connectivity index (χ3v) is 5.84. The van der Waals surface area contributed by atoms with Gasteiger partial charge in [0.1, 0.15) is 12.2 Å². The monoisotopic (exact) mass is 413 g/mol. The highest BCUT2D eigenvalue weighted by molar-refractivity contribution is 7.89. The predicted molar refractivity (Wildman–Crippen MR) is 111 cm³/mol. The van der Waals surface area contributed by atoms with Crippen molar-refractivity contribution in [2.75, 3.05) is 11.9 Å². The van der Waals surface area contributed by atoms with Gasteiger partial charge in [-0.05, 0) is 35.4 Å². The maximum atomic E-state index is 12.5. The highest BCUT2D eigenvalue weighted by atomic mass is 32.2. The van der Waals surface area contributed by atoms with E-state index in [-0.39, 0.29) is 17.3 Å². The molecule has 2 aromatic carbocycles. The minimum Gasteiger partial charge on any atom is -0.326 e. The lowest BCUT2D eigenvalue weighted by Crippen LogP contribution is -2.27. The zero-order valence-corrected chi connectivity index (χ0v) is 17.1. The van der Waals surface area contributed by atoms with Crippen molar-refractivity contribution in [2.24, 2.45) is 0 Å². The third-order valence-electron chi connectivity index (χ3n) is 4.36. The van der Waals surface area contributed by atoms with E-state index in [1.807, 2.05) is 23.6 Å². The van der Waals surface area contributed by atoms with E-state index >= 15 is 0 Å². The summed E-state index contributed by atoms with van der Waals surface area (Å²) in [5.41, 5.74) is 2.52. The summed E-state index contributed by atoms with van der Waals surface area (Å²) in [5.74, 6) is 0.688. The molecule has 0 saturated heterocycles. The Morgan fingerprint density at radius 1 is 1.03 bits per heavy atom. The van der Waals surface area contributed by atoms with Crippen LogP contribution in [0.25, 0.3) is 11.1 Å². The Morgan fingerprint density at radius 2 is 1.66 bits per heavy atom. The van der Waals surface area contributed by atoms with Gasteiger partial charge in [0.2, 0.25) is 15.9 Å². The predicted octanol–water partition coefficient (Wildman–Crippen LogP) is 2.44. The Balaban J connectivity index is 1.64. The molecular weight excluding hydrogens is 390 g/mol. The first kappa shape index (κ1) is 20.7. The number of anilines is 1. The van der Waals surface area contributed by atoms with Crippen molar-refractivity contribution in [3.05, 3.63) is 60.7 Å². The molecule has 8 nitrogen and oxygen atoms in total. The maximum absolute atomic E-state index is 12.5. The van der Waals surface area contributed by atoms with Crippen LogP contribution in [0, 0.1) is 0 Å². The molecule has 0 spiro atoms. The molecule has 1 amide bonds. The number of hydrogen-bond donors (Lipinski definition) is 2. The van der Waals surface area contributed by atoms with Gasteiger partial charge in [0.15, 0.2) is 0 Å². The number of nitrogens with one attached hydrogen (secondary N) is 2. The second-order valence-corrected chi connectivity index (χ2v) is 8.24. The summed E-state index contributed by atoms with van der Waals surface area (Å²) in [6, 6.07) is 14.0. The van der Waals surface area contributed by atoms with Crippen molar-refractivity contribution in [1.82, 2.24) is 19.5 Å². The molecule has 0 fully saturated rings. The Kier molecular flexibility index (Phi) is 6.40. The largest absolute Gasteiger partial charge is 0.326 e. The number of aryl methyl sites for hydroxylation is 1. The van der Waals surface area contributed by atoms with Gasteiger partial charge in [-0.25, -0.2) is 13.1 Å². The summed E-state index contributed by atoms with van der Waals surface area (Å²) in [6.45, 7) is 4.14. The summed E-state index contributed by atoms with van der Waals surface area (Å²) in [7, 11) is -3.60. The molecule has 152 valence electrons. The molecule has 1 aromatic heterocycles. The van der Waals surface area contributed by atoms with Crippen LogP contribution in [0.1, 0.15) is 19.7 Å². The highest BCUT2D eigenvalue weighted by Gasteiger charge is 2.14. The molecule has 1 heterocycles. The molecule has 0 aliphatic heterocycles. The van der Waals surface area contributed by atoms with Gasteiger partial charge in [0.25, 0.3) is 0 Å². The zero-order valence-electron chi connectivity index (χ0n) is 16.3. The van der Waals surface area contributed by atoms with Crippen molar-refractivity contribution in [2.45, 2.75) is 31.7 Å². The molecular formula is C20H23N5O3S. The summed E-state index contributed by atoms with van der Waals surface area (Å²) >= 11 is 0. The summed E-state index contributed by atoms with van der Waals surface area (Å²) in [5, 5.41) is 10.5. The molecule has 0 bridgehead atoms. The molecule has 0 saturated carbocycles. The van der Waals surface area contributed by atoms with E-state index < -0.39 is 10.0 Å². The van der Waals surface area contributed by atoms with Crippen LogP contribution < -0.4 is 10.0 Å². The lowest BCUT2D eigenvalue weighted by atomic mass is 10.1. The lowest BCUT2D eigenvalue weighted by Gasteiger charge is -2.09. The fraction of sp³-hybridized carbons (Fsp3) is 0.250. The maximum Gasteiger partial charge on any atom is 0.240 e. The first-order valence-electron chi connectivity index (χ1n) is 9.23. The van der Waals surface area contributed by atoms with Crippen molar-refractivity contribution < 1.29 is 13.2 Å². The number of benzene rings is 2. The van der Waals surface area contributed by atoms with E-state index in [2.05, 4.69) is 20.2 Å². The third kappa shape index (κ3) is 5.27. The van der Waals surface area contributed by atoms with Crippen molar-refractivity contribution >= 4 is 21.6 Å². The number of hydrogen-bond acceptors (Lipinski definition) is 5. The van der Waals surface area contributed by atoms with Gasteiger partial charge in [-0.3, -0.25) is 4.79 Å². The quantitative estimate of drug-likeness (QED) is 0.590. The van der Waals surface area contributed by atoms with Crippen molar-refractivity contribution in [1.29, 1.82) is 0 Å². The standard InChI is InChI=1S/C20H23N5O3S/c1-3-20-24-21-14-25(20)13-12-22-29(27,28)19-10-6-17(7-11-19)16-4-8-18(9-5-16)23-15(2)26/h4-11,14,22H,3,12-13H2,1-2H3,(H,23,26). The second-order valence-electron chi connectivity index (χ2n) is 6.47. The van der Waals surface area contributed by atoms with Crippen LogP contribution in [0.3, 0.4) is 0 Å². The number of amides is 1. The molecule has 0 aliphatic carbocycles. The van der Waals surface area contributed by atoms with Crippen LogP contribution in [0.2, 0.25) is 0 Å². The van der Waals surface area contributed by atoms with Crippen LogP contribution in [0.4, 0.5) is 5.69 Å². The average Bonchev–Trinajstić information content (AvgIpc) is 3.16. The van der Waals surface area contributed by atoms with Gasteiger partial charge < -0.3 is 9.88 Å². The van der Waals surface area contributed by atoms with E-state index in [4.69, 9.17) is 0 Å². The van der Waals surface area contributed by atoms with Crippen molar-refractivity contribution in [3.8, 4) is 11.1 Å². The first-order valence-corrected chi connectivity index (χ1v) is 10.7. The molecule has 0 atom stereocenters. The van der Waals surface area contributed by atoms with Gasteiger partial charge in [-0.15, -0.1) is 10.2 Å². The van der Waals surface area contributed by atoms with Gasteiger partial charge >= 0.3 is 0 Å². The zero-order chi connectivity index (χ0) is 20.9. The molecule has 0 radical (unpaired) electrons. The summed E-state index contributed by atoms with van der Waals surface area (Å²) < 4.78 is 29.5. The van der Waals surface area contributed by atoms with Crippen LogP contribution in [-0.4, -0.2) is 35.6 Å². The van der Waals surface area contributed by atoms with Gasteiger partial charge in [-0.2, -0.15) is 0 Å². The van der Waals surface area contributed by atoms with Crippen LogP contribution in [-0.2, 0) is 27.8 Å². The van der Waals surface area contributed by atoms with Crippen LogP contribution in [0.15, 0.2) is 59.8 Å². The normalized spacial score (nSPS) is 11.4. The molecule has 0 unspecified atom stereocenters. The molecule has 3 aromatic rings. The van der Waals surface area contributed by atoms with Gasteiger partial charge in [0, 0.05) is 32.1 Å². The molecule has 3 rings (SSSR count). The number of sulfonamides is 1. The fourth-order valence-corrected chi connectivity index (χ4v) is 3.92.